The Hall–Kier alpha value is -2.74. The van der Waals surface area contributed by atoms with Gasteiger partial charge in [-0.1, -0.05) is 6.07 Å². The van der Waals surface area contributed by atoms with Crippen molar-refractivity contribution < 1.29 is 23.8 Å². The van der Waals surface area contributed by atoms with Gasteiger partial charge in [0.25, 0.3) is 5.91 Å². The fourth-order valence-electron chi connectivity index (χ4n) is 2.95. The SMILES string of the molecule is COc1cc(C(=O)NCC(=O)N(Cc2cccs2)C2CC2)cc(OC)c1OC. The molecule has 0 spiro atoms. The molecule has 0 aliphatic heterocycles. The number of ether oxygens (including phenoxy) is 3. The first-order valence-electron chi connectivity index (χ1n) is 8.97. The van der Waals surface area contributed by atoms with Crippen LogP contribution in [-0.2, 0) is 11.3 Å². The maximum Gasteiger partial charge on any atom is 0.251 e. The minimum Gasteiger partial charge on any atom is -0.493 e. The number of hydrogen-bond acceptors (Lipinski definition) is 6. The van der Waals surface area contributed by atoms with Crippen LogP contribution >= 0.6 is 11.3 Å². The molecule has 1 heterocycles. The molecule has 7 nitrogen and oxygen atoms in total. The number of carbonyl (C=O) groups is 2. The normalized spacial score (nSPS) is 13.0. The van der Waals surface area contributed by atoms with E-state index < -0.39 is 0 Å². The van der Waals surface area contributed by atoms with E-state index >= 15 is 0 Å². The monoisotopic (exact) mass is 404 g/mol. The van der Waals surface area contributed by atoms with Crippen molar-refractivity contribution in [1.29, 1.82) is 0 Å². The van der Waals surface area contributed by atoms with Crippen LogP contribution in [0.4, 0.5) is 0 Å². The van der Waals surface area contributed by atoms with Crippen molar-refractivity contribution in [2.45, 2.75) is 25.4 Å². The van der Waals surface area contributed by atoms with Crippen LogP contribution in [0.5, 0.6) is 17.2 Å². The second-order valence-corrected chi connectivity index (χ2v) is 7.46. The van der Waals surface area contributed by atoms with E-state index in [4.69, 9.17) is 14.2 Å². The van der Waals surface area contributed by atoms with Gasteiger partial charge in [-0.2, -0.15) is 0 Å². The first-order chi connectivity index (χ1) is 13.6. The largest absolute Gasteiger partial charge is 0.493 e. The molecule has 1 saturated carbocycles. The molecule has 1 aromatic heterocycles. The van der Waals surface area contributed by atoms with E-state index in [1.165, 1.54) is 21.3 Å². The average molecular weight is 404 g/mol. The van der Waals surface area contributed by atoms with Crippen molar-refractivity contribution in [2.75, 3.05) is 27.9 Å². The molecule has 0 saturated heterocycles. The summed E-state index contributed by atoms with van der Waals surface area (Å²) in [6, 6.07) is 7.38. The molecule has 0 radical (unpaired) electrons. The first kappa shape index (κ1) is 20.0. The molecule has 2 aromatic rings. The number of rotatable bonds is 9. The van der Waals surface area contributed by atoms with Gasteiger partial charge in [0.05, 0.1) is 34.4 Å². The highest BCUT2D eigenvalue weighted by Crippen LogP contribution is 2.38. The number of carbonyl (C=O) groups excluding carboxylic acids is 2. The second kappa shape index (κ2) is 8.97. The van der Waals surface area contributed by atoms with Gasteiger partial charge < -0.3 is 24.4 Å². The Morgan fingerprint density at radius 2 is 1.82 bits per heavy atom. The average Bonchev–Trinajstić information content (AvgIpc) is 3.43. The zero-order chi connectivity index (χ0) is 20.1. The van der Waals surface area contributed by atoms with Gasteiger partial charge in [0.15, 0.2) is 11.5 Å². The Labute approximate surface area is 168 Å². The molecular formula is C20H24N2O5S. The van der Waals surface area contributed by atoms with Crippen LogP contribution in [0.3, 0.4) is 0 Å². The molecule has 1 N–H and O–H groups in total. The van der Waals surface area contributed by atoms with Crippen molar-refractivity contribution in [3.63, 3.8) is 0 Å². The number of nitrogens with one attached hydrogen (secondary N) is 1. The van der Waals surface area contributed by atoms with Crippen LogP contribution < -0.4 is 19.5 Å². The smallest absolute Gasteiger partial charge is 0.251 e. The summed E-state index contributed by atoms with van der Waals surface area (Å²) in [6.07, 6.45) is 2.02. The standard InChI is InChI=1S/C20H24N2O5S/c1-25-16-9-13(10-17(26-2)19(16)27-3)20(24)21-11-18(23)22(14-6-7-14)12-15-5-4-8-28-15/h4-5,8-10,14H,6-7,11-12H2,1-3H3,(H,21,24). The van der Waals surface area contributed by atoms with Crippen molar-refractivity contribution in [1.82, 2.24) is 10.2 Å². The second-order valence-electron chi connectivity index (χ2n) is 6.43. The minimum atomic E-state index is -0.375. The number of nitrogens with zero attached hydrogens (tertiary/aromatic N) is 1. The number of hydrogen-bond donors (Lipinski definition) is 1. The van der Waals surface area contributed by atoms with E-state index in [9.17, 15) is 9.59 Å². The predicted molar refractivity (Wildman–Crippen MR) is 106 cm³/mol. The maximum atomic E-state index is 12.7. The highest BCUT2D eigenvalue weighted by Gasteiger charge is 2.32. The number of thiophene rings is 1. The van der Waals surface area contributed by atoms with E-state index in [2.05, 4.69) is 5.32 Å². The summed E-state index contributed by atoms with van der Waals surface area (Å²) in [5.74, 6) is 0.718. The van der Waals surface area contributed by atoms with Gasteiger partial charge in [-0.3, -0.25) is 9.59 Å². The lowest BCUT2D eigenvalue weighted by Crippen LogP contribution is -2.40. The Morgan fingerprint density at radius 3 is 2.32 bits per heavy atom. The van der Waals surface area contributed by atoms with Gasteiger partial charge in [-0.25, -0.2) is 0 Å². The molecule has 2 amide bonds. The van der Waals surface area contributed by atoms with E-state index in [-0.39, 0.29) is 24.4 Å². The van der Waals surface area contributed by atoms with Crippen LogP contribution in [0.1, 0.15) is 28.1 Å². The lowest BCUT2D eigenvalue weighted by Gasteiger charge is -2.22. The quantitative estimate of drug-likeness (QED) is 0.695. The van der Waals surface area contributed by atoms with Gasteiger partial charge >= 0.3 is 0 Å². The van der Waals surface area contributed by atoms with Crippen LogP contribution in [-0.4, -0.2) is 50.6 Å². The van der Waals surface area contributed by atoms with E-state index in [1.807, 2.05) is 22.4 Å². The number of methoxy groups -OCH3 is 3. The van der Waals surface area contributed by atoms with Gasteiger partial charge in [0, 0.05) is 16.5 Å². The molecule has 8 heteroatoms. The Balaban J connectivity index is 1.66. The summed E-state index contributed by atoms with van der Waals surface area (Å²) in [7, 11) is 4.47. The van der Waals surface area contributed by atoms with Crippen molar-refractivity contribution in [3.05, 3.63) is 40.1 Å². The van der Waals surface area contributed by atoms with E-state index in [0.29, 0.717) is 29.4 Å². The first-order valence-corrected chi connectivity index (χ1v) is 9.85. The Morgan fingerprint density at radius 1 is 1.14 bits per heavy atom. The summed E-state index contributed by atoms with van der Waals surface area (Å²) in [4.78, 5) is 28.2. The molecule has 1 aliphatic rings. The van der Waals surface area contributed by atoms with Gasteiger partial charge in [-0.15, -0.1) is 11.3 Å². The number of benzene rings is 1. The third-order valence-electron chi connectivity index (χ3n) is 4.54. The van der Waals surface area contributed by atoms with Crippen molar-refractivity contribution in [3.8, 4) is 17.2 Å². The Bertz CT molecular complexity index is 808. The van der Waals surface area contributed by atoms with Crippen LogP contribution in [0.15, 0.2) is 29.6 Å². The Kier molecular flexibility index (Phi) is 6.41. The van der Waals surface area contributed by atoms with Crippen LogP contribution in [0.2, 0.25) is 0 Å². The lowest BCUT2D eigenvalue weighted by atomic mass is 10.1. The zero-order valence-electron chi connectivity index (χ0n) is 16.2. The zero-order valence-corrected chi connectivity index (χ0v) is 17.0. The van der Waals surface area contributed by atoms with E-state index in [1.54, 1.807) is 23.5 Å². The summed E-state index contributed by atoms with van der Waals surface area (Å²) in [5, 5.41) is 4.70. The molecule has 3 rings (SSSR count). The van der Waals surface area contributed by atoms with Gasteiger partial charge in [0.2, 0.25) is 11.7 Å². The molecule has 1 aliphatic carbocycles. The predicted octanol–water partition coefficient (Wildman–Crippen LogP) is 2.69. The molecule has 1 fully saturated rings. The third kappa shape index (κ3) is 4.56. The topological polar surface area (TPSA) is 77.1 Å². The summed E-state index contributed by atoms with van der Waals surface area (Å²) in [5.41, 5.74) is 0.332. The molecule has 28 heavy (non-hydrogen) atoms. The maximum absolute atomic E-state index is 12.7. The lowest BCUT2D eigenvalue weighted by molar-refractivity contribution is -0.131. The minimum absolute atomic E-state index is 0.0582. The fourth-order valence-corrected chi connectivity index (χ4v) is 3.65. The van der Waals surface area contributed by atoms with Crippen molar-refractivity contribution >= 4 is 23.2 Å². The van der Waals surface area contributed by atoms with Gasteiger partial charge in [-0.05, 0) is 36.4 Å². The molecular weight excluding hydrogens is 380 g/mol. The van der Waals surface area contributed by atoms with Gasteiger partial charge in [0.1, 0.15) is 0 Å². The van der Waals surface area contributed by atoms with Crippen LogP contribution in [0, 0.1) is 0 Å². The highest BCUT2D eigenvalue weighted by molar-refractivity contribution is 7.09. The molecule has 150 valence electrons. The summed E-state index contributed by atoms with van der Waals surface area (Å²) < 4.78 is 15.8. The molecule has 0 atom stereocenters. The van der Waals surface area contributed by atoms with E-state index in [0.717, 1.165) is 17.7 Å². The van der Waals surface area contributed by atoms with Crippen molar-refractivity contribution in [2.24, 2.45) is 0 Å². The highest BCUT2D eigenvalue weighted by atomic mass is 32.1. The number of amides is 2. The third-order valence-corrected chi connectivity index (χ3v) is 5.40. The summed E-state index contributed by atoms with van der Waals surface area (Å²) >= 11 is 1.63. The molecule has 1 aromatic carbocycles. The fraction of sp³-hybridized carbons (Fsp3) is 0.400. The molecule has 0 unspecified atom stereocenters. The van der Waals surface area contributed by atoms with Crippen LogP contribution in [0.25, 0.3) is 0 Å². The summed E-state index contributed by atoms with van der Waals surface area (Å²) in [6.45, 7) is 0.526. The molecule has 0 bridgehead atoms.